The van der Waals surface area contributed by atoms with Crippen molar-refractivity contribution in [2.45, 2.75) is 32.6 Å². The summed E-state index contributed by atoms with van der Waals surface area (Å²) >= 11 is 0. The highest BCUT2D eigenvalue weighted by Crippen LogP contribution is 2.34. The number of allylic oxidation sites excluding steroid dienone is 1. The molecule has 2 aliphatic rings. The number of amides is 1. The van der Waals surface area contributed by atoms with E-state index < -0.39 is 0 Å². The average molecular weight is 239 g/mol. The van der Waals surface area contributed by atoms with E-state index >= 15 is 0 Å². The summed E-state index contributed by atoms with van der Waals surface area (Å²) in [4.78, 5) is 24.3. The van der Waals surface area contributed by atoms with Crippen LogP contribution in [0.5, 0.6) is 0 Å². The van der Waals surface area contributed by atoms with Crippen molar-refractivity contribution >= 4 is 11.7 Å². The largest absolute Gasteiger partial charge is 0.394 e. The van der Waals surface area contributed by atoms with Crippen LogP contribution in [0.4, 0.5) is 0 Å². The Morgan fingerprint density at radius 3 is 2.65 bits per heavy atom. The summed E-state index contributed by atoms with van der Waals surface area (Å²) in [6.07, 6.45) is 2.17. The van der Waals surface area contributed by atoms with Gasteiger partial charge < -0.3 is 9.84 Å². The molecule has 0 aromatic rings. The minimum Gasteiger partial charge on any atom is -0.394 e. The van der Waals surface area contributed by atoms with Crippen LogP contribution in [0.25, 0.3) is 0 Å². The first-order valence-electron chi connectivity index (χ1n) is 5.83. The molecule has 0 aliphatic carbocycles. The van der Waals surface area contributed by atoms with Crippen molar-refractivity contribution in [3.8, 4) is 0 Å². The molecule has 0 radical (unpaired) electrons. The summed E-state index contributed by atoms with van der Waals surface area (Å²) in [6, 6.07) is 0. The predicted molar refractivity (Wildman–Crippen MR) is 59.7 cm³/mol. The van der Waals surface area contributed by atoms with E-state index in [1.165, 1.54) is 17.2 Å². The molecule has 1 unspecified atom stereocenters. The maximum absolute atomic E-state index is 11.8. The summed E-state index contributed by atoms with van der Waals surface area (Å²) in [5.41, 5.74) is 0. The molecule has 0 aromatic carbocycles. The van der Waals surface area contributed by atoms with Crippen molar-refractivity contribution in [2.75, 3.05) is 6.61 Å². The number of hydrogen-bond donors (Lipinski definition) is 1. The Bertz CT molecular complexity index is 366. The SMILES string of the molecule is CC1[C@@H](CO)O[C@@H](N2C=CC(=O)CC2=O)[C@H]1C. The van der Waals surface area contributed by atoms with Gasteiger partial charge >= 0.3 is 0 Å². The van der Waals surface area contributed by atoms with Gasteiger partial charge in [-0.1, -0.05) is 13.8 Å². The number of hydrogen-bond acceptors (Lipinski definition) is 4. The monoisotopic (exact) mass is 239 g/mol. The van der Waals surface area contributed by atoms with Gasteiger partial charge in [-0.05, 0) is 12.0 Å². The van der Waals surface area contributed by atoms with Gasteiger partial charge in [0.25, 0.3) is 0 Å². The van der Waals surface area contributed by atoms with Crippen molar-refractivity contribution in [2.24, 2.45) is 11.8 Å². The molecule has 94 valence electrons. The summed E-state index contributed by atoms with van der Waals surface area (Å²) in [7, 11) is 0. The summed E-state index contributed by atoms with van der Waals surface area (Å²) in [5.74, 6) is -0.0958. The first-order chi connectivity index (χ1) is 8.04. The van der Waals surface area contributed by atoms with Crippen LogP contribution in [0.1, 0.15) is 20.3 Å². The number of ether oxygens (including phenoxy) is 1. The molecule has 5 heteroatoms. The van der Waals surface area contributed by atoms with Crippen LogP contribution in [0, 0.1) is 11.8 Å². The second-order valence-electron chi connectivity index (χ2n) is 4.73. The number of carbonyl (C=O) groups excluding carboxylic acids is 2. The molecular formula is C12H17NO4. The molecule has 1 fully saturated rings. The Kier molecular flexibility index (Phi) is 3.31. The molecular weight excluding hydrogens is 222 g/mol. The molecule has 2 rings (SSSR count). The fraction of sp³-hybridized carbons (Fsp3) is 0.667. The molecule has 0 spiro atoms. The third-order valence-electron chi connectivity index (χ3n) is 3.67. The van der Waals surface area contributed by atoms with Crippen LogP contribution in [0.2, 0.25) is 0 Å². The summed E-state index contributed by atoms with van der Waals surface area (Å²) in [5, 5.41) is 9.18. The molecule has 2 aliphatic heterocycles. The first kappa shape index (κ1) is 12.3. The standard InChI is InChI=1S/C12H17NO4/c1-7-8(2)12(17-10(7)6-14)13-4-3-9(15)5-11(13)16/h3-4,7-8,10,12,14H,5-6H2,1-2H3/t7?,8-,10+,12+/m0/s1. The lowest BCUT2D eigenvalue weighted by molar-refractivity contribution is -0.145. The van der Waals surface area contributed by atoms with Gasteiger partial charge in [-0.15, -0.1) is 0 Å². The molecule has 1 N–H and O–H groups in total. The molecule has 2 heterocycles. The lowest BCUT2D eigenvalue weighted by atomic mass is 9.92. The van der Waals surface area contributed by atoms with Gasteiger partial charge in [0.15, 0.2) is 5.78 Å². The number of carbonyl (C=O) groups is 2. The van der Waals surface area contributed by atoms with Gasteiger partial charge in [0.2, 0.25) is 5.91 Å². The van der Waals surface area contributed by atoms with Crippen LogP contribution >= 0.6 is 0 Å². The summed E-state index contributed by atoms with van der Waals surface area (Å²) in [6.45, 7) is 3.93. The predicted octanol–water partition coefficient (Wildman–Crippen LogP) is 0.291. The summed E-state index contributed by atoms with van der Waals surface area (Å²) < 4.78 is 5.67. The normalized spacial score (nSPS) is 37.9. The Hall–Kier alpha value is -1.20. The van der Waals surface area contributed by atoms with Gasteiger partial charge in [0.1, 0.15) is 6.23 Å². The Morgan fingerprint density at radius 1 is 1.41 bits per heavy atom. The zero-order chi connectivity index (χ0) is 12.6. The number of aliphatic hydroxyl groups excluding tert-OH is 1. The first-order valence-corrected chi connectivity index (χ1v) is 5.83. The maximum atomic E-state index is 11.8. The van der Waals surface area contributed by atoms with E-state index in [4.69, 9.17) is 4.74 Å². The molecule has 0 saturated carbocycles. The Labute approximate surface area is 100 Å². The highest BCUT2D eigenvalue weighted by atomic mass is 16.5. The van der Waals surface area contributed by atoms with Crippen molar-refractivity contribution < 1.29 is 19.4 Å². The topological polar surface area (TPSA) is 66.8 Å². The van der Waals surface area contributed by atoms with E-state index in [1.54, 1.807) is 0 Å². The fourth-order valence-corrected chi connectivity index (χ4v) is 2.33. The van der Waals surface area contributed by atoms with E-state index in [-0.39, 0.29) is 48.9 Å². The lowest BCUT2D eigenvalue weighted by Crippen LogP contribution is -2.42. The molecule has 0 aromatic heterocycles. The van der Waals surface area contributed by atoms with Crippen LogP contribution in [-0.4, -0.2) is 40.6 Å². The third-order valence-corrected chi connectivity index (χ3v) is 3.67. The number of ketones is 1. The number of rotatable bonds is 2. The van der Waals surface area contributed by atoms with Crippen LogP contribution in [-0.2, 0) is 14.3 Å². The number of nitrogens with zero attached hydrogens (tertiary/aromatic N) is 1. The van der Waals surface area contributed by atoms with Crippen LogP contribution in [0.3, 0.4) is 0 Å². The highest BCUT2D eigenvalue weighted by Gasteiger charge is 2.43. The molecule has 5 nitrogen and oxygen atoms in total. The van der Waals surface area contributed by atoms with Gasteiger partial charge in [-0.2, -0.15) is 0 Å². The zero-order valence-corrected chi connectivity index (χ0v) is 10.00. The maximum Gasteiger partial charge on any atom is 0.236 e. The van der Waals surface area contributed by atoms with Crippen molar-refractivity contribution in [3.05, 3.63) is 12.3 Å². The van der Waals surface area contributed by atoms with E-state index in [0.717, 1.165) is 0 Å². The Balaban J connectivity index is 2.16. The second-order valence-corrected chi connectivity index (χ2v) is 4.73. The minimum atomic E-state index is -0.376. The molecule has 1 saturated heterocycles. The zero-order valence-electron chi connectivity index (χ0n) is 10.00. The van der Waals surface area contributed by atoms with Crippen LogP contribution < -0.4 is 0 Å². The van der Waals surface area contributed by atoms with Crippen molar-refractivity contribution in [3.63, 3.8) is 0 Å². The molecule has 17 heavy (non-hydrogen) atoms. The number of aliphatic hydroxyl groups is 1. The van der Waals surface area contributed by atoms with E-state index in [9.17, 15) is 14.7 Å². The molecule has 1 amide bonds. The Morgan fingerprint density at radius 2 is 2.12 bits per heavy atom. The van der Waals surface area contributed by atoms with Gasteiger partial charge in [0, 0.05) is 12.1 Å². The van der Waals surface area contributed by atoms with Crippen LogP contribution in [0.15, 0.2) is 12.3 Å². The van der Waals surface area contributed by atoms with Crippen molar-refractivity contribution in [1.29, 1.82) is 0 Å². The van der Waals surface area contributed by atoms with E-state index in [2.05, 4.69) is 0 Å². The smallest absolute Gasteiger partial charge is 0.236 e. The third kappa shape index (κ3) is 2.12. The molecule has 0 bridgehead atoms. The highest BCUT2D eigenvalue weighted by molar-refractivity contribution is 6.06. The van der Waals surface area contributed by atoms with Gasteiger partial charge in [-0.3, -0.25) is 14.5 Å². The van der Waals surface area contributed by atoms with E-state index in [0.29, 0.717) is 0 Å². The fourth-order valence-electron chi connectivity index (χ4n) is 2.33. The van der Waals surface area contributed by atoms with Gasteiger partial charge in [-0.25, -0.2) is 0 Å². The van der Waals surface area contributed by atoms with Crippen molar-refractivity contribution in [1.82, 2.24) is 4.90 Å². The van der Waals surface area contributed by atoms with E-state index in [1.807, 2.05) is 13.8 Å². The second kappa shape index (κ2) is 4.58. The minimum absolute atomic E-state index is 0.0489. The lowest BCUT2D eigenvalue weighted by Gasteiger charge is -2.29. The van der Waals surface area contributed by atoms with Gasteiger partial charge in [0.05, 0.1) is 19.1 Å². The average Bonchev–Trinajstić information content (AvgIpc) is 2.57. The molecule has 4 atom stereocenters. The quantitative estimate of drug-likeness (QED) is 0.703.